The molecule has 3 saturated heterocycles. The van der Waals surface area contributed by atoms with Gasteiger partial charge < -0.3 is 42.6 Å². The van der Waals surface area contributed by atoms with E-state index in [1.165, 1.54) is 37.6 Å². The molecule has 18 heteroatoms. The van der Waals surface area contributed by atoms with Crippen LogP contribution in [0.25, 0.3) is 0 Å². The molecule has 0 saturated carbocycles. The first-order valence-electron chi connectivity index (χ1n) is 14.9. The zero-order valence-electron chi connectivity index (χ0n) is 26.4. The molecule has 1 amide bonds. The van der Waals surface area contributed by atoms with E-state index < -0.39 is 78.9 Å². The van der Waals surface area contributed by atoms with Crippen LogP contribution in [0.4, 0.5) is 10.6 Å². The van der Waals surface area contributed by atoms with Gasteiger partial charge in [-0.1, -0.05) is 30.3 Å². The highest BCUT2D eigenvalue weighted by molar-refractivity contribution is 5.83. The molecule has 8 atom stereocenters. The van der Waals surface area contributed by atoms with Crippen molar-refractivity contribution in [2.24, 2.45) is 0 Å². The highest BCUT2D eigenvalue weighted by Gasteiger charge is 2.59. The molecule has 3 aliphatic heterocycles. The summed E-state index contributed by atoms with van der Waals surface area (Å²) in [5, 5.41) is 2.41. The first kappa shape index (κ1) is 34.9. The molecule has 6 unspecified atom stereocenters. The van der Waals surface area contributed by atoms with Crippen LogP contribution in [0.2, 0.25) is 0 Å². The van der Waals surface area contributed by atoms with Crippen LogP contribution in [0, 0.1) is 0 Å². The number of carbonyl (C=O) groups is 4. The summed E-state index contributed by atoms with van der Waals surface area (Å²) < 4.78 is 57.2. The number of anilines is 1. The van der Waals surface area contributed by atoms with Gasteiger partial charge in [0, 0.05) is 33.9 Å². The zero-order valence-corrected chi connectivity index (χ0v) is 26.4. The van der Waals surface area contributed by atoms with Gasteiger partial charge in [-0.2, -0.15) is 4.98 Å². The Hall–Kier alpha value is -4.46. The predicted octanol–water partition coefficient (Wildman–Crippen LogP) is 1.12. The predicted molar refractivity (Wildman–Crippen MR) is 155 cm³/mol. The molecule has 260 valence electrons. The molecular weight excluding hydrogens is 642 g/mol. The van der Waals surface area contributed by atoms with E-state index in [1.807, 2.05) is 18.2 Å². The van der Waals surface area contributed by atoms with E-state index in [-0.39, 0.29) is 32.2 Å². The van der Waals surface area contributed by atoms with Crippen LogP contribution in [-0.4, -0.2) is 96.3 Å². The minimum absolute atomic E-state index is 0.0154. The van der Waals surface area contributed by atoms with Crippen molar-refractivity contribution in [1.29, 1.82) is 0 Å². The molecule has 0 aliphatic carbocycles. The Kier molecular flexibility index (Phi) is 11.0. The number of hydrogen-bond donors (Lipinski definition) is 1. The maximum atomic E-state index is 12.7. The van der Waals surface area contributed by atoms with Gasteiger partial charge >= 0.3 is 29.7 Å². The highest BCUT2D eigenvalue weighted by Crippen LogP contribution is 2.40. The Labute approximate surface area is 273 Å². The fourth-order valence-corrected chi connectivity index (χ4v) is 5.11. The molecule has 1 N–H and O–H groups in total. The van der Waals surface area contributed by atoms with E-state index in [2.05, 4.69) is 10.3 Å². The first-order chi connectivity index (χ1) is 22.9. The molecule has 3 fully saturated rings. The fraction of sp³-hybridized carbons (Fsp3) is 0.533. The second kappa shape index (κ2) is 15.2. The summed E-state index contributed by atoms with van der Waals surface area (Å²) >= 11 is 0. The van der Waals surface area contributed by atoms with Crippen molar-refractivity contribution >= 4 is 29.8 Å². The molecular formula is C30H35N3O15. The standard InChI is InChI=1S/C30H35N3O15/c1-16(34)39-13-20-24(43-17(2)35)25(44-18(3)36)26-27(45-20)48-30(4,47-26)42-15-23-40-14-22(46-23)33-11-10-21(31-28(33)37)32-29(38)41-12-19-8-6-5-7-9-19/h5-11,20,22-27H,12-15H2,1-4H3,(H,31,32,37,38)/t20?,22-,23-,24?,25?,26?,27?,30?/m0/s1. The number of nitrogens with zero attached hydrogens (tertiary/aromatic N) is 2. The smallest absolute Gasteiger partial charge is 0.413 e. The maximum Gasteiger partial charge on any atom is 0.413 e. The van der Waals surface area contributed by atoms with Gasteiger partial charge in [0.05, 0.1) is 6.61 Å². The van der Waals surface area contributed by atoms with Crippen molar-refractivity contribution in [3.8, 4) is 0 Å². The van der Waals surface area contributed by atoms with E-state index in [9.17, 15) is 24.0 Å². The Bertz CT molecular complexity index is 1540. The summed E-state index contributed by atoms with van der Waals surface area (Å²) in [7, 11) is 0. The lowest BCUT2D eigenvalue weighted by molar-refractivity contribution is -0.355. The van der Waals surface area contributed by atoms with Gasteiger partial charge in [-0.15, -0.1) is 0 Å². The van der Waals surface area contributed by atoms with E-state index in [0.717, 1.165) is 12.5 Å². The second-order valence-electron chi connectivity index (χ2n) is 10.9. The second-order valence-corrected chi connectivity index (χ2v) is 10.9. The van der Waals surface area contributed by atoms with Crippen LogP contribution >= 0.6 is 0 Å². The van der Waals surface area contributed by atoms with E-state index in [0.29, 0.717) is 0 Å². The lowest BCUT2D eigenvalue weighted by Crippen LogP contribution is -2.60. The molecule has 0 radical (unpaired) electrons. The van der Waals surface area contributed by atoms with Crippen molar-refractivity contribution in [2.75, 3.05) is 25.1 Å². The molecule has 0 bridgehead atoms. The van der Waals surface area contributed by atoms with Gasteiger partial charge in [-0.05, 0) is 11.6 Å². The van der Waals surface area contributed by atoms with E-state index in [4.69, 9.17) is 47.4 Å². The van der Waals surface area contributed by atoms with Gasteiger partial charge in [-0.25, -0.2) is 9.59 Å². The SMILES string of the molecule is CC(=O)OCC1OC2OC(C)(OC[C@H]3OC[C@@H](n4ccc(NC(=O)OCc5ccccc5)nc4=O)O3)OC2C(OC(C)=O)C1OC(C)=O. The third-order valence-corrected chi connectivity index (χ3v) is 7.12. The number of amides is 1. The average molecular weight is 678 g/mol. The molecule has 18 nitrogen and oxygen atoms in total. The third-order valence-electron chi connectivity index (χ3n) is 7.12. The Balaban J connectivity index is 1.16. The molecule has 5 rings (SSSR count). The van der Waals surface area contributed by atoms with Crippen molar-refractivity contribution in [1.82, 2.24) is 9.55 Å². The van der Waals surface area contributed by atoms with Gasteiger partial charge in [0.15, 0.2) is 37.1 Å². The quantitative estimate of drug-likeness (QED) is 0.261. The highest BCUT2D eigenvalue weighted by atomic mass is 16.9. The van der Waals surface area contributed by atoms with Crippen LogP contribution in [-0.2, 0) is 68.4 Å². The van der Waals surface area contributed by atoms with Crippen LogP contribution in [0.15, 0.2) is 47.4 Å². The lowest BCUT2D eigenvalue weighted by atomic mass is 9.98. The number of ether oxygens (including phenoxy) is 10. The number of esters is 3. The number of rotatable bonds is 11. The Morgan fingerprint density at radius 1 is 0.938 bits per heavy atom. The van der Waals surface area contributed by atoms with Crippen molar-refractivity contribution < 1.29 is 66.5 Å². The zero-order chi connectivity index (χ0) is 34.4. The van der Waals surface area contributed by atoms with Crippen LogP contribution < -0.4 is 11.0 Å². The van der Waals surface area contributed by atoms with Crippen molar-refractivity contribution in [2.45, 2.75) is 83.5 Å². The van der Waals surface area contributed by atoms with Gasteiger partial charge in [0.1, 0.15) is 31.7 Å². The summed E-state index contributed by atoms with van der Waals surface area (Å²) in [6.45, 7) is 4.38. The topological polar surface area (TPSA) is 207 Å². The summed E-state index contributed by atoms with van der Waals surface area (Å²) in [6, 6.07) is 10.5. The summed E-state index contributed by atoms with van der Waals surface area (Å²) in [5.74, 6) is -3.80. The molecule has 3 aliphatic rings. The van der Waals surface area contributed by atoms with Gasteiger partial charge in [-0.3, -0.25) is 29.0 Å². The molecule has 0 spiro atoms. The molecule has 1 aromatic carbocycles. The molecule has 48 heavy (non-hydrogen) atoms. The number of benzene rings is 1. The van der Waals surface area contributed by atoms with Crippen molar-refractivity contribution in [3.05, 3.63) is 58.6 Å². The van der Waals surface area contributed by atoms with Gasteiger partial charge in [0.25, 0.3) is 5.97 Å². The lowest BCUT2D eigenvalue weighted by Gasteiger charge is -2.40. The summed E-state index contributed by atoms with van der Waals surface area (Å²) in [4.78, 5) is 64.0. The number of fused-ring (bicyclic) bond motifs is 1. The molecule has 2 aromatic rings. The normalized spacial score (nSPS) is 29.4. The largest absolute Gasteiger partial charge is 0.463 e. The third kappa shape index (κ3) is 8.91. The van der Waals surface area contributed by atoms with Gasteiger partial charge in [0.2, 0.25) is 0 Å². The fourth-order valence-electron chi connectivity index (χ4n) is 5.11. The Morgan fingerprint density at radius 3 is 2.35 bits per heavy atom. The van der Waals surface area contributed by atoms with Crippen LogP contribution in [0.1, 0.15) is 39.5 Å². The maximum absolute atomic E-state index is 12.7. The monoisotopic (exact) mass is 677 g/mol. The van der Waals surface area contributed by atoms with Crippen LogP contribution in [0.3, 0.4) is 0 Å². The van der Waals surface area contributed by atoms with Crippen molar-refractivity contribution in [3.63, 3.8) is 0 Å². The number of carbonyl (C=O) groups excluding carboxylic acids is 4. The minimum atomic E-state index is -1.78. The minimum Gasteiger partial charge on any atom is -0.463 e. The van der Waals surface area contributed by atoms with E-state index >= 15 is 0 Å². The summed E-state index contributed by atoms with van der Waals surface area (Å²) in [5.41, 5.74) is 0.0764. The van der Waals surface area contributed by atoms with Crippen LogP contribution in [0.5, 0.6) is 0 Å². The molecule has 4 heterocycles. The summed E-state index contributed by atoms with van der Waals surface area (Å²) in [6.07, 6.45) is -7.01. The molecule has 1 aromatic heterocycles. The first-order valence-corrected chi connectivity index (χ1v) is 14.9. The Morgan fingerprint density at radius 2 is 1.67 bits per heavy atom. The number of nitrogens with one attached hydrogen (secondary N) is 1. The average Bonchev–Trinajstić information content (AvgIpc) is 3.63. The number of hydrogen-bond acceptors (Lipinski definition) is 16. The van der Waals surface area contributed by atoms with E-state index in [1.54, 1.807) is 12.1 Å². The number of aromatic nitrogens is 2.